The van der Waals surface area contributed by atoms with Crippen LogP contribution in [0, 0.1) is 0 Å². The van der Waals surface area contributed by atoms with E-state index in [0.29, 0.717) is 0 Å². The molecule has 0 N–H and O–H groups in total. The van der Waals surface area contributed by atoms with Crippen LogP contribution < -0.4 is 0 Å². The Morgan fingerprint density at radius 1 is 0.375 bits per heavy atom. The minimum Gasteiger partial charge on any atom is -0.0533 e. The van der Waals surface area contributed by atoms with Gasteiger partial charge in [-0.15, -0.1) is 0 Å². The van der Waals surface area contributed by atoms with Crippen LogP contribution in [0.3, 0.4) is 0 Å². The smallest absolute Gasteiger partial charge is 0.0533 e. The summed E-state index contributed by atoms with van der Waals surface area (Å²) in [6, 6.07) is 0. The van der Waals surface area contributed by atoms with Crippen molar-refractivity contribution in [2.24, 2.45) is 0 Å². The highest BCUT2D eigenvalue weighted by Gasteiger charge is 1.95. The van der Waals surface area contributed by atoms with Gasteiger partial charge in [0.2, 0.25) is 0 Å². The fourth-order valence-electron chi connectivity index (χ4n) is 1.41. The Balaban J connectivity index is 0.000000640. The zero-order chi connectivity index (χ0) is 5.66. The molecule has 48 valence electrons. The predicted octanol–water partition coefficient (Wildman–Crippen LogP) is 3.23. The van der Waals surface area contributed by atoms with E-state index in [1.165, 1.54) is 51.4 Å². The quantitative estimate of drug-likeness (QED) is 0.452. The highest BCUT2D eigenvalue weighted by molar-refractivity contribution is 4.51. The standard InChI is InChI=1S/C8H16/c1-2-4-6-8-7-5-3-1/h1-8H2/p+1. The first-order valence-electron chi connectivity index (χ1n) is 4.00. The molecule has 0 heteroatoms. The predicted molar refractivity (Wildman–Crippen MR) is 38.0 cm³/mol. The average Bonchev–Trinajstić information content (AvgIpc) is 1.62. The van der Waals surface area contributed by atoms with Crippen molar-refractivity contribution in [3.63, 3.8) is 0 Å². The van der Waals surface area contributed by atoms with E-state index in [0.717, 1.165) is 0 Å². The first-order chi connectivity index (χ1) is 4.00. The van der Waals surface area contributed by atoms with Crippen molar-refractivity contribution in [1.29, 1.82) is 0 Å². The summed E-state index contributed by atoms with van der Waals surface area (Å²) in [6.45, 7) is 0. The van der Waals surface area contributed by atoms with E-state index < -0.39 is 0 Å². The number of rotatable bonds is 0. The van der Waals surface area contributed by atoms with Gasteiger partial charge >= 0.3 is 1.43 Å². The van der Waals surface area contributed by atoms with Crippen LogP contribution in [0.5, 0.6) is 0 Å². The fraction of sp³-hybridized carbons (Fsp3) is 1.00. The topological polar surface area (TPSA) is 0 Å². The molecule has 0 nitrogen and oxygen atoms in total. The van der Waals surface area contributed by atoms with Crippen molar-refractivity contribution in [3.8, 4) is 0 Å². The van der Waals surface area contributed by atoms with Crippen LogP contribution >= 0.6 is 0 Å². The van der Waals surface area contributed by atoms with Crippen molar-refractivity contribution < 1.29 is 1.43 Å². The highest BCUT2D eigenvalue weighted by Crippen LogP contribution is 2.15. The SMILES string of the molecule is C1CCCCCCC1.[H+]. The van der Waals surface area contributed by atoms with Crippen LogP contribution in [0.25, 0.3) is 0 Å². The molecule has 0 amide bonds. The van der Waals surface area contributed by atoms with Crippen LogP contribution in [0.4, 0.5) is 0 Å². The van der Waals surface area contributed by atoms with Crippen molar-refractivity contribution in [2.75, 3.05) is 0 Å². The van der Waals surface area contributed by atoms with E-state index in [4.69, 9.17) is 0 Å². The summed E-state index contributed by atoms with van der Waals surface area (Å²) >= 11 is 0. The zero-order valence-corrected chi connectivity index (χ0v) is 5.66. The van der Waals surface area contributed by atoms with E-state index in [9.17, 15) is 0 Å². The van der Waals surface area contributed by atoms with Gasteiger partial charge in [0, 0.05) is 0 Å². The average molecular weight is 113 g/mol. The lowest BCUT2D eigenvalue weighted by atomic mass is 10.0. The van der Waals surface area contributed by atoms with Gasteiger partial charge in [-0.1, -0.05) is 51.4 Å². The van der Waals surface area contributed by atoms with E-state index in [2.05, 4.69) is 0 Å². The molecule has 1 aliphatic carbocycles. The second kappa shape index (κ2) is 3.94. The lowest BCUT2D eigenvalue weighted by Gasteiger charge is -2.05. The van der Waals surface area contributed by atoms with Crippen LogP contribution in [0.2, 0.25) is 0 Å². The number of hydrogen-bond acceptors (Lipinski definition) is 0. The van der Waals surface area contributed by atoms with E-state index >= 15 is 0 Å². The second-order valence-electron chi connectivity index (χ2n) is 2.83. The third kappa shape index (κ3) is 2.34. The molecule has 1 saturated carbocycles. The van der Waals surface area contributed by atoms with Gasteiger partial charge < -0.3 is 0 Å². The van der Waals surface area contributed by atoms with Gasteiger partial charge in [0.15, 0.2) is 0 Å². The molecule has 0 aliphatic heterocycles. The molecule has 0 aromatic heterocycles. The fourth-order valence-corrected chi connectivity index (χ4v) is 1.41. The van der Waals surface area contributed by atoms with E-state index in [1.807, 2.05) is 0 Å². The molecule has 1 fully saturated rings. The molecule has 0 radical (unpaired) electrons. The van der Waals surface area contributed by atoms with E-state index in [1.54, 1.807) is 0 Å². The largest absolute Gasteiger partial charge is 1.00 e. The molecule has 0 aromatic carbocycles. The maximum atomic E-state index is 1.50. The molecule has 0 saturated heterocycles. The Hall–Kier alpha value is 0. The Morgan fingerprint density at radius 2 is 0.500 bits per heavy atom. The Bertz CT molecular complexity index is 28.5. The summed E-state index contributed by atoms with van der Waals surface area (Å²) in [6.07, 6.45) is 12.0. The molecule has 0 heterocycles. The molecule has 0 atom stereocenters. The number of hydrogen-bond donors (Lipinski definition) is 0. The summed E-state index contributed by atoms with van der Waals surface area (Å²) in [5, 5.41) is 0. The van der Waals surface area contributed by atoms with Gasteiger partial charge in [-0.05, 0) is 0 Å². The Morgan fingerprint density at radius 3 is 0.625 bits per heavy atom. The lowest BCUT2D eigenvalue weighted by molar-refractivity contribution is 0.504. The molecule has 1 aliphatic rings. The second-order valence-corrected chi connectivity index (χ2v) is 2.83. The van der Waals surface area contributed by atoms with Crippen molar-refractivity contribution >= 4 is 0 Å². The van der Waals surface area contributed by atoms with Crippen molar-refractivity contribution in [2.45, 2.75) is 51.4 Å². The zero-order valence-electron chi connectivity index (χ0n) is 6.66. The highest BCUT2D eigenvalue weighted by atomic mass is 14.0. The molecular formula is C8H17+. The van der Waals surface area contributed by atoms with Gasteiger partial charge in [0.1, 0.15) is 0 Å². The van der Waals surface area contributed by atoms with Crippen LogP contribution in [0.1, 0.15) is 52.8 Å². The molecule has 8 heavy (non-hydrogen) atoms. The molecule has 0 unspecified atom stereocenters. The van der Waals surface area contributed by atoms with Crippen molar-refractivity contribution in [1.82, 2.24) is 0 Å². The first-order valence-corrected chi connectivity index (χ1v) is 4.00. The summed E-state index contributed by atoms with van der Waals surface area (Å²) in [5.41, 5.74) is 0. The van der Waals surface area contributed by atoms with Crippen molar-refractivity contribution in [3.05, 3.63) is 0 Å². The molecular weight excluding hydrogens is 96.1 g/mol. The van der Waals surface area contributed by atoms with Gasteiger partial charge in [-0.3, -0.25) is 0 Å². The van der Waals surface area contributed by atoms with Crippen LogP contribution in [-0.4, -0.2) is 0 Å². The van der Waals surface area contributed by atoms with Gasteiger partial charge in [-0.25, -0.2) is 0 Å². The molecule has 0 bridgehead atoms. The normalized spacial score (nSPS) is 24.0. The monoisotopic (exact) mass is 113 g/mol. The van der Waals surface area contributed by atoms with Gasteiger partial charge in [0.25, 0.3) is 0 Å². The minimum atomic E-state index is 0. The first kappa shape index (κ1) is 6.12. The Labute approximate surface area is 53.8 Å². The summed E-state index contributed by atoms with van der Waals surface area (Å²) in [7, 11) is 0. The maximum Gasteiger partial charge on any atom is 1.00 e. The van der Waals surface area contributed by atoms with Gasteiger partial charge in [0.05, 0.1) is 0 Å². The summed E-state index contributed by atoms with van der Waals surface area (Å²) in [4.78, 5) is 0. The third-order valence-electron chi connectivity index (χ3n) is 2.00. The Kier molecular flexibility index (Phi) is 3.01. The maximum absolute atomic E-state index is 1.50. The third-order valence-corrected chi connectivity index (χ3v) is 2.00. The summed E-state index contributed by atoms with van der Waals surface area (Å²) in [5.74, 6) is 0. The lowest BCUT2D eigenvalue weighted by Crippen LogP contribution is -1.85. The van der Waals surface area contributed by atoms with Gasteiger partial charge in [-0.2, -0.15) is 0 Å². The molecule has 0 spiro atoms. The minimum absolute atomic E-state index is 0. The molecule has 1 rings (SSSR count). The van der Waals surface area contributed by atoms with E-state index in [-0.39, 0.29) is 1.43 Å². The molecule has 0 aromatic rings. The van der Waals surface area contributed by atoms with Crippen LogP contribution in [0.15, 0.2) is 0 Å². The summed E-state index contributed by atoms with van der Waals surface area (Å²) < 4.78 is 0. The van der Waals surface area contributed by atoms with Crippen LogP contribution in [-0.2, 0) is 0 Å².